The molecule has 0 aliphatic heterocycles. The number of phenols is 1. The van der Waals surface area contributed by atoms with E-state index in [0.29, 0.717) is 22.5 Å². The Labute approximate surface area is 210 Å². The SMILES string of the molecule is CCC(CC)C(=O)Nc1ccc(-c2cc(C3CCCC3)n(C(=O)NCc3cccc(F)c3)n2)c(O)c1. The minimum Gasteiger partial charge on any atom is -0.507 e. The highest BCUT2D eigenvalue weighted by Crippen LogP contribution is 2.38. The van der Waals surface area contributed by atoms with Crippen LogP contribution in [-0.4, -0.2) is 26.8 Å². The average molecular weight is 493 g/mol. The van der Waals surface area contributed by atoms with Crippen molar-refractivity contribution >= 4 is 17.6 Å². The fourth-order valence-corrected chi connectivity index (χ4v) is 4.83. The van der Waals surface area contributed by atoms with Crippen molar-refractivity contribution in [2.75, 3.05) is 5.32 Å². The van der Waals surface area contributed by atoms with Crippen LogP contribution in [-0.2, 0) is 11.3 Å². The number of phenolic OH excluding ortho intramolecular Hbond substituents is 1. The Kier molecular flexibility index (Phi) is 8.03. The van der Waals surface area contributed by atoms with Crippen LogP contribution in [0.5, 0.6) is 5.75 Å². The molecule has 0 atom stereocenters. The molecular formula is C28H33FN4O3. The summed E-state index contributed by atoms with van der Waals surface area (Å²) in [5, 5.41) is 21.0. The molecule has 7 nitrogen and oxygen atoms in total. The maximum Gasteiger partial charge on any atom is 0.342 e. The number of carbonyl (C=O) groups is 2. The molecule has 190 valence electrons. The number of aromatic nitrogens is 2. The van der Waals surface area contributed by atoms with Gasteiger partial charge in [-0.15, -0.1) is 0 Å². The lowest BCUT2D eigenvalue weighted by Crippen LogP contribution is -2.30. The van der Waals surface area contributed by atoms with E-state index in [-0.39, 0.29) is 35.9 Å². The predicted octanol–water partition coefficient (Wildman–Crippen LogP) is 6.19. The summed E-state index contributed by atoms with van der Waals surface area (Å²) in [6, 6.07) is 12.5. The second-order valence-corrected chi connectivity index (χ2v) is 9.37. The van der Waals surface area contributed by atoms with Gasteiger partial charge < -0.3 is 15.7 Å². The number of nitrogens with zero attached hydrogens (tertiary/aromatic N) is 2. The summed E-state index contributed by atoms with van der Waals surface area (Å²) >= 11 is 0. The minimum atomic E-state index is -0.402. The molecule has 2 aromatic carbocycles. The maximum atomic E-state index is 13.5. The van der Waals surface area contributed by atoms with Gasteiger partial charge in [-0.25, -0.2) is 9.18 Å². The summed E-state index contributed by atoms with van der Waals surface area (Å²) in [7, 11) is 0. The average Bonchev–Trinajstić information content (AvgIpc) is 3.54. The minimum absolute atomic E-state index is 0.0277. The number of benzene rings is 2. The standard InChI is InChI=1S/C28H33FN4O3/c1-3-19(4-2)27(35)31-22-12-13-23(26(34)15-22)24-16-25(20-9-5-6-10-20)33(32-24)28(36)30-17-18-8-7-11-21(29)14-18/h7-8,11-16,19-20,34H,3-6,9-10,17H2,1-2H3,(H,30,36)(H,31,35). The van der Waals surface area contributed by atoms with Crippen molar-refractivity contribution in [1.29, 1.82) is 0 Å². The van der Waals surface area contributed by atoms with Gasteiger partial charge in [0.15, 0.2) is 0 Å². The van der Waals surface area contributed by atoms with Gasteiger partial charge in [0.25, 0.3) is 0 Å². The third kappa shape index (κ3) is 5.75. The fourth-order valence-electron chi connectivity index (χ4n) is 4.83. The van der Waals surface area contributed by atoms with Gasteiger partial charge in [-0.3, -0.25) is 4.79 Å². The zero-order valence-corrected chi connectivity index (χ0v) is 20.8. The van der Waals surface area contributed by atoms with E-state index < -0.39 is 6.03 Å². The molecule has 1 aliphatic carbocycles. The number of hydrogen-bond donors (Lipinski definition) is 3. The highest BCUT2D eigenvalue weighted by atomic mass is 19.1. The number of carbonyl (C=O) groups excluding carboxylic acids is 2. The lowest BCUT2D eigenvalue weighted by Gasteiger charge is -2.13. The molecule has 3 aromatic rings. The van der Waals surface area contributed by atoms with E-state index in [4.69, 9.17) is 0 Å². The molecule has 1 fully saturated rings. The molecular weight excluding hydrogens is 459 g/mol. The van der Waals surface area contributed by atoms with Gasteiger partial charge in [-0.1, -0.05) is 38.8 Å². The van der Waals surface area contributed by atoms with Gasteiger partial charge in [-0.05, 0) is 61.6 Å². The van der Waals surface area contributed by atoms with E-state index in [0.717, 1.165) is 44.2 Å². The zero-order chi connectivity index (χ0) is 25.7. The molecule has 0 radical (unpaired) electrons. The first-order chi connectivity index (χ1) is 17.4. The van der Waals surface area contributed by atoms with E-state index in [2.05, 4.69) is 15.7 Å². The number of anilines is 1. The first-order valence-corrected chi connectivity index (χ1v) is 12.7. The molecule has 0 bridgehead atoms. The number of hydrogen-bond acceptors (Lipinski definition) is 4. The summed E-state index contributed by atoms with van der Waals surface area (Å²) in [6.07, 6.45) is 5.60. The molecule has 2 amide bonds. The number of halogens is 1. The van der Waals surface area contributed by atoms with Gasteiger partial charge in [0, 0.05) is 35.7 Å². The van der Waals surface area contributed by atoms with Crippen LogP contribution in [0.25, 0.3) is 11.3 Å². The molecule has 0 saturated heterocycles. The summed E-state index contributed by atoms with van der Waals surface area (Å²) < 4.78 is 14.9. The van der Waals surface area contributed by atoms with Crippen LogP contribution >= 0.6 is 0 Å². The Morgan fingerprint density at radius 2 is 1.86 bits per heavy atom. The molecule has 3 N–H and O–H groups in total. The van der Waals surface area contributed by atoms with Crippen molar-refractivity contribution < 1.29 is 19.1 Å². The molecule has 8 heteroatoms. The highest BCUT2D eigenvalue weighted by molar-refractivity contribution is 5.93. The van der Waals surface area contributed by atoms with E-state index in [1.807, 2.05) is 19.9 Å². The van der Waals surface area contributed by atoms with Crippen molar-refractivity contribution in [2.45, 2.75) is 64.8 Å². The Hall–Kier alpha value is -3.68. The van der Waals surface area contributed by atoms with Crippen molar-refractivity contribution in [3.63, 3.8) is 0 Å². The molecule has 0 spiro atoms. The smallest absolute Gasteiger partial charge is 0.342 e. The van der Waals surface area contributed by atoms with E-state index in [1.165, 1.54) is 22.9 Å². The first-order valence-electron chi connectivity index (χ1n) is 12.7. The third-order valence-electron chi connectivity index (χ3n) is 6.93. The first kappa shape index (κ1) is 25.4. The number of nitrogens with one attached hydrogen (secondary N) is 2. The Morgan fingerprint density at radius 3 is 2.53 bits per heavy atom. The van der Waals surface area contributed by atoms with Gasteiger partial charge in [-0.2, -0.15) is 9.78 Å². The van der Waals surface area contributed by atoms with Gasteiger partial charge in [0.2, 0.25) is 5.91 Å². The van der Waals surface area contributed by atoms with Gasteiger partial charge in [0.05, 0.1) is 11.4 Å². The largest absolute Gasteiger partial charge is 0.507 e. The second-order valence-electron chi connectivity index (χ2n) is 9.37. The Morgan fingerprint density at radius 1 is 1.11 bits per heavy atom. The highest BCUT2D eigenvalue weighted by Gasteiger charge is 2.26. The Bertz CT molecular complexity index is 1230. The van der Waals surface area contributed by atoms with E-state index in [1.54, 1.807) is 24.3 Å². The lowest BCUT2D eigenvalue weighted by molar-refractivity contribution is -0.120. The normalized spacial score (nSPS) is 13.8. The summed E-state index contributed by atoms with van der Waals surface area (Å²) in [6.45, 7) is 4.12. The van der Waals surface area contributed by atoms with Crippen LogP contribution in [0.4, 0.5) is 14.9 Å². The number of rotatable bonds is 8. The monoisotopic (exact) mass is 492 g/mol. The lowest BCUT2D eigenvalue weighted by atomic mass is 10.0. The predicted molar refractivity (Wildman–Crippen MR) is 137 cm³/mol. The molecule has 0 unspecified atom stereocenters. The fraction of sp³-hybridized carbons (Fsp3) is 0.393. The molecule has 36 heavy (non-hydrogen) atoms. The summed E-state index contributed by atoms with van der Waals surface area (Å²) in [4.78, 5) is 25.5. The van der Waals surface area contributed by atoms with Crippen LogP contribution in [0.3, 0.4) is 0 Å². The van der Waals surface area contributed by atoms with Crippen molar-refractivity contribution in [1.82, 2.24) is 15.1 Å². The van der Waals surface area contributed by atoms with Crippen LogP contribution < -0.4 is 10.6 Å². The molecule has 1 heterocycles. The van der Waals surface area contributed by atoms with Crippen molar-refractivity contribution in [3.8, 4) is 17.0 Å². The second kappa shape index (κ2) is 11.4. The molecule has 1 aromatic heterocycles. The van der Waals surface area contributed by atoms with Crippen LogP contribution in [0.15, 0.2) is 48.5 Å². The van der Waals surface area contributed by atoms with Gasteiger partial charge in [0.1, 0.15) is 11.6 Å². The number of aromatic hydroxyl groups is 1. The zero-order valence-electron chi connectivity index (χ0n) is 20.8. The van der Waals surface area contributed by atoms with Crippen LogP contribution in [0, 0.1) is 11.7 Å². The van der Waals surface area contributed by atoms with E-state index in [9.17, 15) is 19.1 Å². The topological polar surface area (TPSA) is 96.3 Å². The van der Waals surface area contributed by atoms with E-state index >= 15 is 0 Å². The Balaban J connectivity index is 1.57. The van der Waals surface area contributed by atoms with Gasteiger partial charge >= 0.3 is 6.03 Å². The van der Waals surface area contributed by atoms with Crippen molar-refractivity contribution in [3.05, 3.63) is 65.6 Å². The van der Waals surface area contributed by atoms with Crippen LogP contribution in [0.1, 0.15) is 69.5 Å². The quantitative estimate of drug-likeness (QED) is 0.350. The van der Waals surface area contributed by atoms with Crippen LogP contribution in [0.2, 0.25) is 0 Å². The number of amides is 2. The maximum absolute atomic E-state index is 13.5. The molecule has 1 saturated carbocycles. The molecule has 4 rings (SSSR count). The molecule has 1 aliphatic rings. The van der Waals surface area contributed by atoms with Crippen molar-refractivity contribution in [2.24, 2.45) is 5.92 Å². The summed E-state index contributed by atoms with van der Waals surface area (Å²) in [5.41, 5.74) is 2.92. The summed E-state index contributed by atoms with van der Waals surface area (Å²) in [5.74, 6) is -0.339. The third-order valence-corrected chi connectivity index (χ3v) is 6.93.